The second-order valence-corrected chi connectivity index (χ2v) is 32.7. The zero-order valence-electron chi connectivity index (χ0n) is 72.9. The van der Waals surface area contributed by atoms with E-state index in [-0.39, 0.29) is 139 Å². The quantitative estimate of drug-likeness (QED) is 0.00840. The molecule has 2 bridgehead atoms. The molecule has 0 spiro atoms. The van der Waals surface area contributed by atoms with Gasteiger partial charge >= 0.3 is 12.1 Å². The molecule has 0 radical (unpaired) electrons. The van der Waals surface area contributed by atoms with Crippen LogP contribution < -0.4 is 27.4 Å². The zero-order valence-corrected chi connectivity index (χ0v) is 72.9. The van der Waals surface area contributed by atoms with Gasteiger partial charge in [-0.2, -0.15) is 10.1 Å². The van der Waals surface area contributed by atoms with E-state index in [4.69, 9.17) is 73.1 Å². The van der Waals surface area contributed by atoms with Crippen LogP contribution in [0.3, 0.4) is 0 Å². The van der Waals surface area contributed by atoms with E-state index in [1.54, 1.807) is 62.7 Å². The van der Waals surface area contributed by atoms with Gasteiger partial charge in [-0.15, -0.1) is 5.10 Å². The van der Waals surface area contributed by atoms with Gasteiger partial charge in [-0.1, -0.05) is 76.3 Å². The van der Waals surface area contributed by atoms with E-state index >= 15 is 0 Å². The number of ketones is 2. The highest BCUT2D eigenvalue weighted by atomic mass is 16.6. The van der Waals surface area contributed by atoms with Gasteiger partial charge in [0.2, 0.25) is 17.6 Å². The van der Waals surface area contributed by atoms with Gasteiger partial charge in [0.05, 0.1) is 108 Å². The zero-order chi connectivity index (χ0) is 88.5. The maximum Gasteiger partial charge on any atom is 0.407 e. The normalized spacial score (nSPS) is 27.4. The van der Waals surface area contributed by atoms with Crippen molar-refractivity contribution in [2.75, 3.05) is 125 Å². The Balaban J connectivity index is 0.634. The number of nitrogen functional groups attached to an aromatic ring is 2. The highest BCUT2D eigenvalue weighted by Crippen LogP contribution is 2.41. The highest BCUT2D eigenvalue weighted by Gasteiger charge is 2.53. The number of cyclic esters (lactones) is 1. The molecule has 3 aliphatic heterocycles. The molecule has 3 fully saturated rings. The Hall–Kier alpha value is -9.05. The number of methoxy groups -OCH3 is 3. The summed E-state index contributed by atoms with van der Waals surface area (Å²) in [7, 11) is 4.75. The van der Waals surface area contributed by atoms with Crippen LogP contribution >= 0.6 is 0 Å². The lowest BCUT2D eigenvalue weighted by Crippen LogP contribution is -2.61. The van der Waals surface area contributed by atoms with Crippen LogP contribution in [0, 0.1) is 35.5 Å². The van der Waals surface area contributed by atoms with Gasteiger partial charge in [0.1, 0.15) is 60.0 Å². The van der Waals surface area contributed by atoms with Crippen LogP contribution in [-0.2, 0) is 94.0 Å². The minimum Gasteiger partial charge on any atom is -0.460 e. The molecule has 10 N–H and O–H groups in total. The van der Waals surface area contributed by atoms with E-state index < -0.39 is 95.7 Å². The number of carbonyl (C=O) groups excluding carboxylic acids is 7. The number of allylic oxidation sites excluding steroid dienone is 5. The third kappa shape index (κ3) is 29.0. The van der Waals surface area contributed by atoms with Crippen molar-refractivity contribution in [3.05, 3.63) is 84.0 Å². The Morgan fingerprint density at radius 2 is 1.42 bits per heavy atom. The van der Waals surface area contributed by atoms with Gasteiger partial charge in [0.15, 0.2) is 17.0 Å². The second-order valence-electron chi connectivity index (χ2n) is 32.7. The number of ether oxygens (including phenoxy) is 11. The number of aromatic nitrogens is 8. The van der Waals surface area contributed by atoms with E-state index in [1.165, 1.54) is 18.3 Å². The summed E-state index contributed by atoms with van der Waals surface area (Å²) in [6, 6.07) is 4.16. The number of hydrogen-bond donors (Lipinski definition) is 8. The smallest absolute Gasteiger partial charge is 0.407 e. The lowest BCUT2D eigenvalue weighted by molar-refractivity contribution is -0.265. The number of nitrogens with one attached hydrogen (secondary N) is 3. The Morgan fingerprint density at radius 1 is 0.732 bits per heavy atom. The lowest BCUT2D eigenvalue weighted by Gasteiger charge is -2.43. The molecular formula is C87H130N14O22. The molecule has 7 heterocycles. The van der Waals surface area contributed by atoms with E-state index in [1.807, 2.05) is 70.2 Å². The second kappa shape index (κ2) is 49.6. The number of rotatable bonds is 36. The first kappa shape index (κ1) is 97.8. The summed E-state index contributed by atoms with van der Waals surface area (Å²) in [5.74, 6) is -7.88. The highest BCUT2D eigenvalue weighted by molar-refractivity contribution is 6.39. The number of aliphatic hydroxyl groups is 3. The van der Waals surface area contributed by atoms with E-state index in [0.29, 0.717) is 149 Å². The van der Waals surface area contributed by atoms with Gasteiger partial charge in [0, 0.05) is 103 Å². The number of hydrogen-bond acceptors (Lipinski definition) is 30. The number of carbonyl (C=O) groups is 7. The molecule has 4 amide bonds. The van der Waals surface area contributed by atoms with Crippen LogP contribution in [0.5, 0.6) is 0 Å². The van der Waals surface area contributed by atoms with Gasteiger partial charge < -0.3 is 104 Å². The number of fused-ring (bicyclic) bond motifs is 5. The van der Waals surface area contributed by atoms with E-state index in [9.17, 15) is 48.9 Å². The molecule has 9 rings (SSSR count). The molecule has 36 heteroatoms. The number of esters is 1. The molecule has 4 aromatic heterocycles. The number of alkyl carbamates (subject to hydrolysis) is 1. The average molecular weight is 1720 g/mol. The van der Waals surface area contributed by atoms with Crippen molar-refractivity contribution in [2.45, 2.75) is 225 Å². The van der Waals surface area contributed by atoms with Gasteiger partial charge in [-0.25, -0.2) is 28.9 Å². The standard InChI is InChI=1S/C87H130N14O22/c1-54-18-12-11-13-19-55(2)69(112-8)49-64-24-21-60(7)87(111,123-64)80(107)83(108)99-32-16-14-20-67(99)84(109)121-71(50-70(113-9)56(3)45-59(6)78(105)79(106)77(104)58(5)44-54)57(4)46-61-22-25-66(72(47-61)114-10)101-51-63(96-98-101)52-120-86(110)92-31-37-118-41-43-119-42-39-116-35-28-74(103)91-30-36-117-40-38-115-34-27-73(102)90-29-15-17-33-100-82-75(81(88)93-53-94-82)76(97-100)62-23-26-68-65(48-62)95-85(89)122-68/h11-13,18-19,23,26,45,48,51,53-54,56-58,60-61,64,66-67,69-72,78-79,105-106,111H,14-17,20-22,24-25,27-44,46-47,49-50,52H2,1-10H3,(H2,89,95)(H,90,102)(H,91,103)(H,92,110)(H2,88,93,94)/b13-11+,18-12+,55-19+,59-45+/t54-,56-,57-,58-,60-,61+,64+,66+,67+,69+,70-,71+,72-,78-,79+,87-/m1/s1. The molecule has 36 nitrogen and oxygen atoms in total. The minimum atomic E-state index is -2.47. The molecule has 5 aromatic rings. The monoisotopic (exact) mass is 1720 g/mol. The summed E-state index contributed by atoms with van der Waals surface area (Å²) in [6.07, 6.45) is 15.0. The van der Waals surface area contributed by atoms with Crippen LogP contribution in [0.2, 0.25) is 0 Å². The molecule has 680 valence electrons. The number of nitrogens with zero attached hydrogens (tertiary/aromatic N) is 9. The SMILES string of the molecule is CO[C@H]1C[C@@H]2CC[C@@H](C)[C@@](O)(O2)C(=O)C(=O)N2CCCC[C@H]2C(=O)O[C@H]([C@H](C)C[C@@H]2CC[C@H](n3cc(COC(=O)NCCOCCOCCOCCC(=O)NCCOCCOCCC(=O)NCCCCn4nc(-c5ccc6oc(N)nc6c5)c5c(N)ncnc54)nn3)[C@H](OC)C2)C[C@@H](OC)[C@H](C)/C=C(\C)[C@@H](O)[C@@H](O)C(=O)[C@H](C)C[C@H](C)/C=C/C=C/C=C/1C. The molecule has 1 aromatic carbocycles. The topological polar surface area (TPSA) is 473 Å². The first-order valence-electron chi connectivity index (χ1n) is 43.2. The predicted molar refractivity (Wildman–Crippen MR) is 453 cm³/mol. The lowest BCUT2D eigenvalue weighted by atomic mass is 9.77. The Bertz CT molecular complexity index is 4340. The first-order chi connectivity index (χ1) is 59.2. The average Bonchev–Trinajstić information content (AvgIpc) is 1.71. The van der Waals surface area contributed by atoms with Crippen LogP contribution in [-0.4, -0.2) is 269 Å². The number of benzene rings is 1. The molecule has 123 heavy (non-hydrogen) atoms. The summed E-state index contributed by atoms with van der Waals surface area (Å²) < 4.78 is 73.2. The Kier molecular flexibility index (Phi) is 39.4. The molecule has 1 aliphatic carbocycles. The molecule has 1 saturated carbocycles. The minimum absolute atomic E-state index is 0.0499. The predicted octanol–water partition coefficient (Wildman–Crippen LogP) is 7.36. The third-order valence-corrected chi connectivity index (χ3v) is 23.5. The molecule has 2 saturated heterocycles. The van der Waals surface area contributed by atoms with Gasteiger partial charge in [-0.05, 0) is 138 Å². The number of oxazole rings is 1. The van der Waals surface area contributed by atoms with E-state index in [2.05, 4.69) is 41.2 Å². The maximum absolute atomic E-state index is 14.9. The fourth-order valence-corrected chi connectivity index (χ4v) is 16.3. The first-order valence-corrected chi connectivity index (χ1v) is 43.2. The van der Waals surface area contributed by atoms with Crippen molar-refractivity contribution in [3.63, 3.8) is 0 Å². The maximum atomic E-state index is 14.9. The summed E-state index contributed by atoms with van der Waals surface area (Å²) in [5.41, 5.74) is 16.8. The number of unbranched alkanes of at least 4 members (excludes halogenated alkanes) is 1. The molecule has 4 aliphatic rings. The Morgan fingerprint density at radius 3 is 2.13 bits per heavy atom. The third-order valence-electron chi connectivity index (χ3n) is 23.5. The van der Waals surface area contributed by atoms with Crippen molar-refractivity contribution in [1.29, 1.82) is 0 Å². The van der Waals surface area contributed by atoms with Crippen LogP contribution in [0.25, 0.3) is 33.4 Å². The van der Waals surface area contributed by atoms with Gasteiger partial charge in [0.25, 0.3) is 17.7 Å². The number of nitrogens with two attached hydrogens (primary N) is 2. The molecular weight excluding hydrogens is 1590 g/mol. The number of aryl methyl sites for hydroxylation is 1. The van der Waals surface area contributed by atoms with Gasteiger partial charge in [-0.3, -0.25) is 24.0 Å². The summed E-state index contributed by atoms with van der Waals surface area (Å²) >= 11 is 0. The van der Waals surface area contributed by atoms with Crippen molar-refractivity contribution in [2.24, 2.45) is 35.5 Å². The van der Waals surface area contributed by atoms with Crippen molar-refractivity contribution >= 4 is 75.3 Å². The Labute approximate surface area is 718 Å². The summed E-state index contributed by atoms with van der Waals surface area (Å²) in [4.78, 5) is 109. The number of piperidine rings is 1. The van der Waals surface area contributed by atoms with Crippen LogP contribution in [0.4, 0.5) is 16.6 Å². The molecule has 0 unspecified atom stereocenters. The summed E-state index contributed by atoms with van der Waals surface area (Å²) in [6.45, 7) is 16.9. The number of aliphatic hydroxyl groups excluding tert-OH is 2. The summed E-state index contributed by atoms with van der Waals surface area (Å²) in [5, 5.41) is 57.5. The van der Waals surface area contributed by atoms with Crippen molar-refractivity contribution < 1.29 is 105 Å². The van der Waals surface area contributed by atoms with Crippen molar-refractivity contribution in [3.8, 4) is 11.3 Å². The van der Waals surface area contributed by atoms with Crippen LogP contribution in [0.15, 0.2) is 82.7 Å². The van der Waals surface area contributed by atoms with E-state index in [0.717, 1.165) is 24.0 Å². The number of amides is 4. The fraction of sp³-hybridized carbons (Fsp3) is 0.667. The van der Waals surface area contributed by atoms with Crippen LogP contribution in [0.1, 0.15) is 163 Å². The number of anilines is 2. The largest absolute Gasteiger partial charge is 0.460 e. The molecule has 16 atom stereocenters. The van der Waals surface area contributed by atoms with Crippen molar-refractivity contribution in [1.82, 2.24) is 60.6 Å². The number of Topliss-reactive ketones (excluding diaryl/α,β-unsaturated/α-hetero) is 2. The fourth-order valence-electron chi connectivity index (χ4n) is 16.3.